The standard InChI is InChI=1S/C18H25F3N2O2/c1-17(2,3)25-16(24)23-9-8-13(18(4,5)10-23)22-12-7-6-11(19)14(20)15(12)21/h6-7,13,22H,8-10H2,1-5H3. The Morgan fingerprint density at radius 2 is 1.88 bits per heavy atom. The second kappa shape index (κ2) is 6.77. The molecule has 1 unspecified atom stereocenters. The first-order chi connectivity index (χ1) is 11.4. The molecule has 1 heterocycles. The maximum absolute atomic E-state index is 13.9. The predicted molar refractivity (Wildman–Crippen MR) is 89.9 cm³/mol. The van der Waals surface area contributed by atoms with Gasteiger partial charge in [-0.1, -0.05) is 13.8 Å². The van der Waals surface area contributed by atoms with Crippen molar-refractivity contribution in [1.82, 2.24) is 4.90 Å². The van der Waals surface area contributed by atoms with E-state index in [2.05, 4.69) is 5.32 Å². The molecule has 1 amide bonds. The highest BCUT2D eigenvalue weighted by Crippen LogP contribution is 2.33. The van der Waals surface area contributed by atoms with Crippen LogP contribution in [-0.4, -0.2) is 35.7 Å². The lowest BCUT2D eigenvalue weighted by Crippen LogP contribution is -2.54. The van der Waals surface area contributed by atoms with E-state index in [1.54, 1.807) is 25.7 Å². The zero-order valence-corrected chi connectivity index (χ0v) is 15.3. The van der Waals surface area contributed by atoms with Crippen molar-refractivity contribution in [2.75, 3.05) is 18.4 Å². The molecular weight excluding hydrogens is 333 g/mol. The summed E-state index contributed by atoms with van der Waals surface area (Å²) in [6, 6.07) is 1.87. The van der Waals surface area contributed by atoms with Gasteiger partial charge in [-0.2, -0.15) is 0 Å². The van der Waals surface area contributed by atoms with Crippen LogP contribution in [0.5, 0.6) is 0 Å². The third-order valence-corrected chi connectivity index (χ3v) is 4.25. The average Bonchev–Trinajstić information content (AvgIpc) is 2.47. The number of nitrogens with zero attached hydrogens (tertiary/aromatic N) is 1. The number of carbonyl (C=O) groups is 1. The number of carbonyl (C=O) groups excluding carboxylic acids is 1. The largest absolute Gasteiger partial charge is 0.444 e. The van der Waals surface area contributed by atoms with Crippen LogP contribution in [0.3, 0.4) is 0 Å². The summed E-state index contributed by atoms with van der Waals surface area (Å²) in [6.45, 7) is 10.1. The molecule has 1 aromatic rings. The highest BCUT2D eigenvalue weighted by molar-refractivity contribution is 5.68. The molecule has 1 saturated heterocycles. The molecule has 0 aliphatic carbocycles. The van der Waals surface area contributed by atoms with Crippen molar-refractivity contribution in [3.8, 4) is 0 Å². The normalized spacial score (nSPS) is 20.3. The fourth-order valence-corrected chi connectivity index (χ4v) is 2.93. The zero-order valence-electron chi connectivity index (χ0n) is 15.3. The number of piperidine rings is 1. The van der Waals surface area contributed by atoms with Gasteiger partial charge in [-0.05, 0) is 39.3 Å². The first-order valence-corrected chi connectivity index (χ1v) is 8.29. The molecule has 0 bridgehead atoms. The quantitative estimate of drug-likeness (QED) is 0.789. The monoisotopic (exact) mass is 358 g/mol. The number of hydrogen-bond donors (Lipinski definition) is 1. The highest BCUT2D eigenvalue weighted by Gasteiger charge is 2.39. The van der Waals surface area contributed by atoms with Crippen LogP contribution in [0.15, 0.2) is 12.1 Å². The van der Waals surface area contributed by atoms with Gasteiger partial charge in [0.15, 0.2) is 17.5 Å². The number of ether oxygens (including phenoxy) is 1. The number of benzene rings is 1. The fourth-order valence-electron chi connectivity index (χ4n) is 2.93. The Hall–Kier alpha value is -1.92. The number of anilines is 1. The van der Waals surface area contributed by atoms with Crippen LogP contribution in [-0.2, 0) is 4.74 Å². The molecule has 0 aromatic heterocycles. The maximum Gasteiger partial charge on any atom is 0.410 e. The first-order valence-electron chi connectivity index (χ1n) is 8.29. The second-order valence-electron chi connectivity index (χ2n) is 8.10. The van der Waals surface area contributed by atoms with Gasteiger partial charge in [-0.3, -0.25) is 0 Å². The first kappa shape index (κ1) is 19.4. The Bertz CT molecular complexity index is 656. The number of halogens is 3. The van der Waals surface area contributed by atoms with E-state index in [9.17, 15) is 18.0 Å². The van der Waals surface area contributed by atoms with Crippen LogP contribution in [0.25, 0.3) is 0 Å². The van der Waals surface area contributed by atoms with Crippen LogP contribution >= 0.6 is 0 Å². The van der Waals surface area contributed by atoms with E-state index in [0.717, 1.165) is 6.07 Å². The van der Waals surface area contributed by atoms with Gasteiger partial charge < -0.3 is 15.0 Å². The second-order valence-corrected chi connectivity index (χ2v) is 8.10. The van der Waals surface area contributed by atoms with Crippen molar-refractivity contribution in [3.05, 3.63) is 29.6 Å². The molecule has 25 heavy (non-hydrogen) atoms. The summed E-state index contributed by atoms with van der Waals surface area (Å²) < 4.78 is 45.8. The summed E-state index contributed by atoms with van der Waals surface area (Å²) in [7, 11) is 0. The Morgan fingerprint density at radius 3 is 2.44 bits per heavy atom. The molecule has 1 aromatic carbocycles. The summed E-state index contributed by atoms with van der Waals surface area (Å²) in [5.74, 6) is -3.94. The SMILES string of the molecule is CC(C)(C)OC(=O)N1CCC(Nc2ccc(F)c(F)c2F)C(C)(C)C1. The molecule has 0 radical (unpaired) electrons. The minimum atomic E-state index is -1.49. The molecule has 4 nitrogen and oxygen atoms in total. The van der Waals surface area contributed by atoms with E-state index in [4.69, 9.17) is 4.74 Å². The Balaban J connectivity index is 2.09. The Kier molecular flexibility index (Phi) is 5.25. The van der Waals surface area contributed by atoms with Crippen LogP contribution in [0.4, 0.5) is 23.7 Å². The minimum Gasteiger partial charge on any atom is -0.444 e. The molecule has 0 spiro atoms. The topological polar surface area (TPSA) is 41.6 Å². The van der Waals surface area contributed by atoms with Gasteiger partial charge >= 0.3 is 6.09 Å². The fraction of sp³-hybridized carbons (Fsp3) is 0.611. The molecule has 1 N–H and O–H groups in total. The van der Waals surface area contributed by atoms with Gasteiger partial charge in [-0.15, -0.1) is 0 Å². The van der Waals surface area contributed by atoms with Crippen LogP contribution in [0.2, 0.25) is 0 Å². The minimum absolute atomic E-state index is 0.0808. The Labute approximate surface area is 146 Å². The lowest BCUT2D eigenvalue weighted by Gasteiger charge is -2.45. The number of rotatable bonds is 2. The van der Waals surface area contributed by atoms with E-state index in [1.165, 1.54) is 6.07 Å². The number of amides is 1. The lowest BCUT2D eigenvalue weighted by molar-refractivity contribution is 0.00689. The summed E-state index contributed by atoms with van der Waals surface area (Å²) in [5.41, 5.74) is -1.07. The molecule has 2 rings (SSSR count). The number of likely N-dealkylation sites (tertiary alicyclic amines) is 1. The van der Waals surface area contributed by atoms with Crippen molar-refractivity contribution in [3.63, 3.8) is 0 Å². The molecular formula is C18H25F3N2O2. The van der Waals surface area contributed by atoms with Gasteiger partial charge in [-0.25, -0.2) is 18.0 Å². The van der Waals surface area contributed by atoms with Gasteiger partial charge in [0.2, 0.25) is 0 Å². The molecule has 7 heteroatoms. The molecule has 1 aliphatic rings. The summed E-state index contributed by atoms with van der Waals surface area (Å²) in [5, 5.41) is 2.95. The van der Waals surface area contributed by atoms with Crippen LogP contribution < -0.4 is 5.32 Å². The van der Waals surface area contributed by atoms with Crippen LogP contribution in [0, 0.1) is 22.9 Å². The third kappa shape index (κ3) is 4.58. The zero-order chi connectivity index (χ0) is 19.0. The smallest absolute Gasteiger partial charge is 0.410 e. The van der Waals surface area contributed by atoms with E-state index in [-0.39, 0.29) is 11.7 Å². The summed E-state index contributed by atoms with van der Waals surface area (Å²) in [4.78, 5) is 13.9. The number of nitrogens with one attached hydrogen (secondary N) is 1. The number of hydrogen-bond acceptors (Lipinski definition) is 3. The van der Waals surface area contributed by atoms with E-state index >= 15 is 0 Å². The summed E-state index contributed by atoms with van der Waals surface area (Å²) >= 11 is 0. The molecule has 1 atom stereocenters. The molecule has 1 aliphatic heterocycles. The highest BCUT2D eigenvalue weighted by atomic mass is 19.2. The van der Waals surface area contributed by atoms with Crippen molar-refractivity contribution in [2.45, 2.75) is 52.7 Å². The van der Waals surface area contributed by atoms with Gasteiger partial charge in [0, 0.05) is 24.5 Å². The van der Waals surface area contributed by atoms with Crippen molar-refractivity contribution in [2.24, 2.45) is 5.41 Å². The average molecular weight is 358 g/mol. The predicted octanol–water partition coefficient (Wildman–Crippen LogP) is 4.55. The van der Waals surface area contributed by atoms with E-state index < -0.39 is 34.6 Å². The van der Waals surface area contributed by atoms with Crippen LogP contribution in [0.1, 0.15) is 41.0 Å². The van der Waals surface area contributed by atoms with Crippen molar-refractivity contribution >= 4 is 11.8 Å². The molecule has 1 fully saturated rings. The van der Waals surface area contributed by atoms with E-state index in [0.29, 0.717) is 19.5 Å². The summed E-state index contributed by atoms with van der Waals surface area (Å²) in [6.07, 6.45) is 0.142. The van der Waals surface area contributed by atoms with Crippen molar-refractivity contribution < 1.29 is 22.7 Å². The van der Waals surface area contributed by atoms with E-state index in [1.807, 2.05) is 13.8 Å². The third-order valence-electron chi connectivity index (χ3n) is 4.25. The molecule has 0 saturated carbocycles. The van der Waals surface area contributed by atoms with Gasteiger partial charge in [0.25, 0.3) is 0 Å². The molecule has 140 valence electrons. The van der Waals surface area contributed by atoms with Gasteiger partial charge in [0.05, 0.1) is 5.69 Å². The Morgan fingerprint density at radius 1 is 1.24 bits per heavy atom. The maximum atomic E-state index is 13.9. The van der Waals surface area contributed by atoms with Gasteiger partial charge in [0.1, 0.15) is 5.60 Å². The lowest BCUT2D eigenvalue weighted by atomic mass is 9.79. The van der Waals surface area contributed by atoms with Crippen molar-refractivity contribution in [1.29, 1.82) is 0 Å².